The molecule has 0 fully saturated rings. The topological polar surface area (TPSA) is 24.9 Å². The minimum Gasteiger partial charge on any atom is -0.375 e. The molecule has 2 aromatic rings. The number of thiazole rings is 1. The fraction of sp³-hybridized carbons (Fsp3) is 0.308. The summed E-state index contributed by atoms with van der Waals surface area (Å²) in [5.41, 5.74) is 0.794. The van der Waals surface area contributed by atoms with Gasteiger partial charge in [0.1, 0.15) is 0 Å². The Hall–Kier alpha value is -1.56. The van der Waals surface area contributed by atoms with Crippen molar-refractivity contribution in [2.45, 2.75) is 26.8 Å². The van der Waals surface area contributed by atoms with E-state index in [1.165, 1.54) is 17.4 Å². The van der Waals surface area contributed by atoms with E-state index in [2.05, 4.69) is 10.3 Å². The van der Waals surface area contributed by atoms with Gasteiger partial charge < -0.3 is 5.32 Å². The van der Waals surface area contributed by atoms with Gasteiger partial charge in [0.05, 0.1) is 22.4 Å². The summed E-state index contributed by atoms with van der Waals surface area (Å²) < 4.78 is 39.5. The first kappa shape index (κ1) is 13.9. The van der Waals surface area contributed by atoms with Crippen molar-refractivity contribution < 1.29 is 13.2 Å². The standard InChI is InChI=1S/C13H13F3N2S/c1-6-13(19-8(3)17-6)7(2)18-10-5-4-9(14)11(15)12(10)16/h4-5,7,18H,1-3H3. The molecule has 0 radical (unpaired) electrons. The number of hydrogen-bond acceptors (Lipinski definition) is 3. The highest BCUT2D eigenvalue weighted by atomic mass is 32.1. The molecule has 2 nitrogen and oxygen atoms in total. The quantitative estimate of drug-likeness (QED) is 0.848. The summed E-state index contributed by atoms with van der Waals surface area (Å²) in [7, 11) is 0. The Labute approximate surface area is 113 Å². The lowest BCUT2D eigenvalue weighted by Crippen LogP contribution is -2.09. The second-order valence-electron chi connectivity index (χ2n) is 4.27. The summed E-state index contributed by atoms with van der Waals surface area (Å²) in [6.07, 6.45) is 0. The monoisotopic (exact) mass is 286 g/mol. The lowest BCUT2D eigenvalue weighted by Gasteiger charge is -2.15. The highest BCUT2D eigenvalue weighted by Gasteiger charge is 2.17. The zero-order valence-corrected chi connectivity index (χ0v) is 11.5. The van der Waals surface area contributed by atoms with Gasteiger partial charge in [-0.05, 0) is 32.9 Å². The maximum Gasteiger partial charge on any atom is 0.196 e. The van der Waals surface area contributed by atoms with Crippen LogP contribution in [0.4, 0.5) is 18.9 Å². The third-order valence-electron chi connectivity index (χ3n) is 2.74. The number of aryl methyl sites for hydroxylation is 2. The summed E-state index contributed by atoms with van der Waals surface area (Å²) >= 11 is 1.49. The molecule has 2 rings (SSSR count). The van der Waals surface area contributed by atoms with E-state index in [1.807, 2.05) is 20.8 Å². The summed E-state index contributed by atoms with van der Waals surface area (Å²) in [5.74, 6) is -3.86. The SMILES string of the molecule is Cc1nc(C)c(C(C)Nc2ccc(F)c(F)c2F)s1. The molecule has 0 aliphatic carbocycles. The number of benzene rings is 1. The van der Waals surface area contributed by atoms with Gasteiger partial charge in [0, 0.05) is 4.88 Å². The molecule has 19 heavy (non-hydrogen) atoms. The number of anilines is 1. The molecule has 1 unspecified atom stereocenters. The summed E-state index contributed by atoms with van der Waals surface area (Å²) in [6.45, 7) is 5.56. The minimum absolute atomic E-state index is 0.0585. The predicted octanol–water partition coefficient (Wildman–Crippen LogP) is 4.35. The van der Waals surface area contributed by atoms with Crippen molar-refractivity contribution in [1.29, 1.82) is 0 Å². The summed E-state index contributed by atoms with van der Waals surface area (Å²) in [6, 6.07) is 1.86. The van der Waals surface area contributed by atoms with E-state index in [4.69, 9.17) is 0 Å². The fourth-order valence-electron chi connectivity index (χ4n) is 1.88. The number of hydrogen-bond donors (Lipinski definition) is 1. The lowest BCUT2D eigenvalue weighted by molar-refractivity contribution is 0.448. The molecule has 1 atom stereocenters. The van der Waals surface area contributed by atoms with E-state index >= 15 is 0 Å². The first-order valence-corrected chi connectivity index (χ1v) is 6.55. The van der Waals surface area contributed by atoms with Gasteiger partial charge in [-0.1, -0.05) is 0 Å². The largest absolute Gasteiger partial charge is 0.375 e. The van der Waals surface area contributed by atoms with Crippen molar-refractivity contribution in [3.05, 3.63) is 45.2 Å². The van der Waals surface area contributed by atoms with Crippen LogP contribution < -0.4 is 5.32 Å². The van der Waals surface area contributed by atoms with E-state index in [0.29, 0.717) is 0 Å². The second kappa shape index (κ2) is 5.21. The highest BCUT2D eigenvalue weighted by molar-refractivity contribution is 7.11. The fourth-order valence-corrected chi connectivity index (χ4v) is 2.81. The van der Waals surface area contributed by atoms with Crippen LogP contribution in [0.1, 0.15) is 28.5 Å². The van der Waals surface area contributed by atoms with Crippen LogP contribution in [0.25, 0.3) is 0 Å². The van der Waals surface area contributed by atoms with Crippen LogP contribution >= 0.6 is 11.3 Å². The average Bonchev–Trinajstić information content (AvgIpc) is 2.69. The normalized spacial score (nSPS) is 12.5. The Kier molecular flexibility index (Phi) is 3.80. The number of halogens is 3. The molecule has 0 aliphatic rings. The average molecular weight is 286 g/mol. The van der Waals surface area contributed by atoms with E-state index in [-0.39, 0.29) is 11.7 Å². The number of rotatable bonds is 3. The number of nitrogens with one attached hydrogen (secondary N) is 1. The number of nitrogens with zero attached hydrogens (tertiary/aromatic N) is 1. The Morgan fingerprint density at radius 2 is 1.84 bits per heavy atom. The zero-order valence-electron chi connectivity index (χ0n) is 10.7. The van der Waals surface area contributed by atoms with Crippen LogP contribution in [0.15, 0.2) is 12.1 Å². The van der Waals surface area contributed by atoms with Gasteiger partial charge in [-0.25, -0.2) is 18.2 Å². The van der Waals surface area contributed by atoms with Crippen molar-refractivity contribution >= 4 is 17.0 Å². The molecule has 0 amide bonds. The minimum atomic E-state index is -1.46. The van der Waals surface area contributed by atoms with Crippen LogP contribution in [0.3, 0.4) is 0 Å². The molecular formula is C13H13F3N2S. The van der Waals surface area contributed by atoms with E-state index in [9.17, 15) is 13.2 Å². The molecule has 1 aromatic heterocycles. The van der Waals surface area contributed by atoms with Crippen molar-refractivity contribution in [3.8, 4) is 0 Å². The lowest BCUT2D eigenvalue weighted by atomic mass is 10.2. The zero-order chi connectivity index (χ0) is 14.2. The number of aromatic nitrogens is 1. The second-order valence-corrected chi connectivity index (χ2v) is 5.51. The maximum absolute atomic E-state index is 13.6. The predicted molar refractivity (Wildman–Crippen MR) is 69.9 cm³/mol. The van der Waals surface area contributed by atoms with E-state index in [0.717, 1.165) is 21.6 Å². The first-order chi connectivity index (χ1) is 8.90. The Bertz CT molecular complexity index is 610. The summed E-state index contributed by atoms with van der Waals surface area (Å²) in [5, 5.41) is 3.75. The molecule has 0 bridgehead atoms. The van der Waals surface area contributed by atoms with Gasteiger partial charge in [-0.3, -0.25) is 0 Å². The summed E-state index contributed by atoms with van der Waals surface area (Å²) in [4.78, 5) is 5.22. The van der Waals surface area contributed by atoms with Crippen LogP contribution in [0, 0.1) is 31.3 Å². The third-order valence-corrected chi connectivity index (χ3v) is 4.00. The van der Waals surface area contributed by atoms with Crippen LogP contribution in [0.5, 0.6) is 0 Å². The molecule has 102 valence electrons. The molecule has 1 heterocycles. The molecule has 0 aliphatic heterocycles. The van der Waals surface area contributed by atoms with Crippen LogP contribution in [-0.2, 0) is 0 Å². The van der Waals surface area contributed by atoms with Crippen molar-refractivity contribution in [3.63, 3.8) is 0 Å². The van der Waals surface area contributed by atoms with E-state index < -0.39 is 17.5 Å². The maximum atomic E-state index is 13.6. The Morgan fingerprint density at radius 3 is 2.42 bits per heavy atom. The van der Waals surface area contributed by atoms with Crippen molar-refractivity contribution in [2.75, 3.05) is 5.32 Å². The first-order valence-electron chi connectivity index (χ1n) is 5.74. The molecule has 6 heteroatoms. The van der Waals surface area contributed by atoms with Crippen molar-refractivity contribution in [1.82, 2.24) is 4.98 Å². The van der Waals surface area contributed by atoms with Gasteiger partial charge in [0.2, 0.25) is 0 Å². The van der Waals surface area contributed by atoms with Crippen LogP contribution in [-0.4, -0.2) is 4.98 Å². The van der Waals surface area contributed by atoms with Gasteiger partial charge in [-0.15, -0.1) is 11.3 Å². The molecular weight excluding hydrogens is 273 g/mol. The molecule has 0 saturated heterocycles. The molecule has 1 aromatic carbocycles. The van der Waals surface area contributed by atoms with E-state index in [1.54, 1.807) is 0 Å². The molecule has 1 N–H and O–H groups in total. The third kappa shape index (κ3) is 2.73. The molecule has 0 saturated carbocycles. The highest BCUT2D eigenvalue weighted by Crippen LogP contribution is 2.29. The Morgan fingerprint density at radius 1 is 1.16 bits per heavy atom. The van der Waals surface area contributed by atoms with Gasteiger partial charge in [0.15, 0.2) is 17.5 Å². The smallest absolute Gasteiger partial charge is 0.196 e. The van der Waals surface area contributed by atoms with Crippen LogP contribution in [0.2, 0.25) is 0 Å². The van der Waals surface area contributed by atoms with Gasteiger partial charge in [0.25, 0.3) is 0 Å². The Balaban J connectivity index is 2.27. The van der Waals surface area contributed by atoms with Crippen molar-refractivity contribution in [2.24, 2.45) is 0 Å². The van der Waals surface area contributed by atoms with Gasteiger partial charge >= 0.3 is 0 Å². The molecule has 0 spiro atoms. The van der Waals surface area contributed by atoms with Gasteiger partial charge in [-0.2, -0.15) is 0 Å².